The van der Waals surface area contributed by atoms with Crippen LogP contribution in [0.15, 0.2) is 18.2 Å². The van der Waals surface area contributed by atoms with E-state index in [1.165, 1.54) is 12.8 Å². The number of nitrogen functional groups attached to an aromatic ring is 1. The van der Waals surface area contributed by atoms with Crippen LogP contribution in [0.1, 0.15) is 33.1 Å². The van der Waals surface area contributed by atoms with E-state index in [2.05, 4.69) is 11.9 Å². The molecule has 0 spiro atoms. The molecule has 112 valence electrons. The maximum Gasteiger partial charge on any atom is 0.144 e. The average molecular weight is 278 g/mol. The average Bonchev–Trinajstić information content (AvgIpc) is 2.41. The summed E-state index contributed by atoms with van der Waals surface area (Å²) in [5.41, 5.74) is 7.95. The Labute approximate surface area is 121 Å². The van der Waals surface area contributed by atoms with E-state index < -0.39 is 0 Å². The highest BCUT2D eigenvalue weighted by atomic mass is 16.5. The molecule has 20 heavy (non-hydrogen) atoms. The standard InChI is InChI=1S/C16H26N2O2/c1-12(2)20-15-9-6-8-14(16(15)17)18(3)11-13-7-4-5-10-19-13/h6,8-9,12-13H,4-5,7,10-11,17H2,1-3H3. The monoisotopic (exact) mass is 278 g/mol. The zero-order valence-electron chi connectivity index (χ0n) is 12.8. The summed E-state index contributed by atoms with van der Waals surface area (Å²) < 4.78 is 11.5. The number of hydrogen-bond donors (Lipinski definition) is 1. The van der Waals surface area contributed by atoms with Gasteiger partial charge < -0.3 is 20.1 Å². The molecule has 1 aliphatic heterocycles. The quantitative estimate of drug-likeness (QED) is 0.841. The van der Waals surface area contributed by atoms with Crippen molar-refractivity contribution in [1.82, 2.24) is 0 Å². The van der Waals surface area contributed by atoms with Gasteiger partial charge in [0, 0.05) is 20.2 Å². The molecule has 0 aromatic heterocycles. The van der Waals surface area contributed by atoms with Crippen LogP contribution >= 0.6 is 0 Å². The van der Waals surface area contributed by atoms with Crippen LogP contribution in [-0.4, -0.2) is 32.4 Å². The summed E-state index contributed by atoms with van der Waals surface area (Å²) >= 11 is 0. The van der Waals surface area contributed by atoms with E-state index in [4.69, 9.17) is 15.2 Å². The van der Waals surface area contributed by atoms with Crippen LogP contribution in [0, 0.1) is 0 Å². The first-order valence-electron chi connectivity index (χ1n) is 7.46. The lowest BCUT2D eigenvalue weighted by Crippen LogP contribution is -2.33. The number of benzene rings is 1. The van der Waals surface area contributed by atoms with Crippen LogP contribution < -0.4 is 15.4 Å². The van der Waals surface area contributed by atoms with Crippen molar-refractivity contribution in [3.63, 3.8) is 0 Å². The highest BCUT2D eigenvalue weighted by Crippen LogP contribution is 2.32. The van der Waals surface area contributed by atoms with E-state index >= 15 is 0 Å². The molecule has 1 aromatic carbocycles. The fourth-order valence-corrected chi connectivity index (χ4v) is 2.58. The van der Waals surface area contributed by atoms with E-state index in [0.717, 1.165) is 31.0 Å². The zero-order chi connectivity index (χ0) is 14.5. The summed E-state index contributed by atoms with van der Waals surface area (Å²) in [6, 6.07) is 5.94. The number of ether oxygens (including phenoxy) is 2. The predicted octanol–water partition coefficient (Wildman–Crippen LogP) is 3.06. The number of nitrogens with zero attached hydrogens (tertiary/aromatic N) is 1. The number of rotatable bonds is 5. The highest BCUT2D eigenvalue weighted by Gasteiger charge is 2.18. The smallest absolute Gasteiger partial charge is 0.144 e. The third-order valence-electron chi connectivity index (χ3n) is 3.57. The van der Waals surface area contributed by atoms with Crippen LogP contribution in [-0.2, 0) is 4.74 Å². The van der Waals surface area contributed by atoms with Crippen molar-refractivity contribution in [2.24, 2.45) is 0 Å². The van der Waals surface area contributed by atoms with Crippen LogP contribution in [0.2, 0.25) is 0 Å². The first-order valence-corrected chi connectivity index (χ1v) is 7.46. The number of likely N-dealkylation sites (N-methyl/N-ethyl adjacent to an activating group) is 1. The molecule has 1 aromatic rings. The molecule has 0 bridgehead atoms. The molecule has 1 aliphatic rings. The van der Waals surface area contributed by atoms with E-state index in [-0.39, 0.29) is 6.10 Å². The van der Waals surface area contributed by atoms with Crippen molar-refractivity contribution in [1.29, 1.82) is 0 Å². The lowest BCUT2D eigenvalue weighted by molar-refractivity contribution is 0.0216. The summed E-state index contributed by atoms with van der Waals surface area (Å²) in [6.07, 6.45) is 4.00. The van der Waals surface area contributed by atoms with Gasteiger partial charge in [0.05, 0.1) is 23.6 Å². The molecule has 2 rings (SSSR count). The molecular weight excluding hydrogens is 252 g/mol. The third kappa shape index (κ3) is 3.79. The van der Waals surface area contributed by atoms with Crippen molar-refractivity contribution >= 4 is 11.4 Å². The Bertz CT molecular complexity index is 428. The summed E-state index contributed by atoms with van der Waals surface area (Å²) in [6.45, 7) is 5.76. The van der Waals surface area contributed by atoms with Gasteiger partial charge in [-0.15, -0.1) is 0 Å². The van der Waals surface area contributed by atoms with Gasteiger partial charge in [-0.25, -0.2) is 0 Å². The molecule has 1 unspecified atom stereocenters. The summed E-state index contributed by atoms with van der Waals surface area (Å²) in [7, 11) is 2.06. The Kier molecular flexibility index (Phi) is 5.12. The van der Waals surface area contributed by atoms with Gasteiger partial charge >= 0.3 is 0 Å². The molecule has 0 amide bonds. The fourth-order valence-electron chi connectivity index (χ4n) is 2.58. The highest BCUT2D eigenvalue weighted by molar-refractivity contribution is 5.73. The Hall–Kier alpha value is -1.42. The van der Waals surface area contributed by atoms with Gasteiger partial charge in [0.25, 0.3) is 0 Å². The first-order chi connectivity index (χ1) is 9.58. The van der Waals surface area contributed by atoms with Gasteiger partial charge in [0.1, 0.15) is 5.75 Å². The molecular formula is C16H26N2O2. The topological polar surface area (TPSA) is 47.7 Å². The summed E-state index contributed by atoms with van der Waals surface area (Å²) in [5, 5.41) is 0. The van der Waals surface area contributed by atoms with Crippen LogP contribution in [0.4, 0.5) is 11.4 Å². The number of hydrogen-bond acceptors (Lipinski definition) is 4. The molecule has 4 nitrogen and oxygen atoms in total. The largest absolute Gasteiger partial charge is 0.489 e. The number of anilines is 2. The molecule has 1 saturated heterocycles. The van der Waals surface area contributed by atoms with E-state index in [1.807, 2.05) is 32.0 Å². The van der Waals surface area contributed by atoms with Crippen LogP contribution in [0.3, 0.4) is 0 Å². The minimum absolute atomic E-state index is 0.125. The summed E-state index contributed by atoms with van der Waals surface area (Å²) in [5.74, 6) is 0.758. The molecule has 4 heteroatoms. The Balaban J connectivity index is 2.06. The van der Waals surface area contributed by atoms with E-state index in [0.29, 0.717) is 11.8 Å². The number of para-hydroxylation sites is 1. The minimum atomic E-state index is 0.125. The van der Waals surface area contributed by atoms with Crippen LogP contribution in [0.5, 0.6) is 5.75 Å². The third-order valence-corrected chi connectivity index (χ3v) is 3.57. The van der Waals surface area contributed by atoms with Gasteiger partial charge in [-0.1, -0.05) is 6.07 Å². The van der Waals surface area contributed by atoms with Crippen molar-refractivity contribution in [3.05, 3.63) is 18.2 Å². The SMILES string of the molecule is CC(C)Oc1cccc(N(C)CC2CCCCO2)c1N. The molecule has 2 N–H and O–H groups in total. The van der Waals surface area contributed by atoms with E-state index in [9.17, 15) is 0 Å². The van der Waals surface area contributed by atoms with Gasteiger partial charge in [-0.05, 0) is 45.2 Å². The lowest BCUT2D eigenvalue weighted by Gasteiger charge is -2.29. The first kappa shape index (κ1) is 15.0. The van der Waals surface area contributed by atoms with Gasteiger partial charge in [-0.2, -0.15) is 0 Å². The molecule has 0 aliphatic carbocycles. The van der Waals surface area contributed by atoms with Crippen molar-refractivity contribution in [3.8, 4) is 5.75 Å². The van der Waals surface area contributed by atoms with Gasteiger partial charge in [0.2, 0.25) is 0 Å². The second-order valence-corrected chi connectivity index (χ2v) is 5.72. The minimum Gasteiger partial charge on any atom is -0.489 e. The zero-order valence-corrected chi connectivity index (χ0v) is 12.8. The van der Waals surface area contributed by atoms with Crippen molar-refractivity contribution < 1.29 is 9.47 Å². The van der Waals surface area contributed by atoms with Gasteiger partial charge in [-0.3, -0.25) is 0 Å². The van der Waals surface area contributed by atoms with Crippen LogP contribution in [0.25, 0.3) is 0 Å². The Morgan fingerprint density at radius 3 is 2.85 bits per heavy atom. The Morgan fingerprint density at radius 1 is 1.40 bits per heavy atom. The molecule has 0 saturated carbocycles. The fraction of sp³-hybridized carbons (Fsp3) is 0.625. The van der Waals surface area contributed by atoms with Crippen molar-refractivity contribution in [2.75, 3.05) is 30.8 Å². The second kappa shape index (κ2) is 6.84. The second-order valence-electron chi connectivity index (χ2n) is 5.72. The van der Waals surface area contributed by atoms with Gasteiger partial charge in [0.15, 0.2) is 0 Å². The van der Waals surface area contributed by atoms with Crippen molar-refractivity contribution in [2.45, 2.75) is 45.3 Å². The molecule has 1 heterocycles. The normalized spacial score (nSPS) is 19.1. The molecule has 1 fully saturated rings. The molecule has 1 atom stereocenters. The maximum absolute atomic E-state index is 6.23. The predicted molar refractivity (Wildman–Crippen MR) is 83.5 cm³/mol. The van der Waals surface area contributed by atoms with E-state index in [1.54, 1.807) is 0 Å². The number of nitrogens with two attached hydrogens (primary N) is 1. The molecule has 0 radical (unpaired) electrons. The Morgan fingerprint density at radius 2 is 2.20 bits per heavy atom. The maximum atomic E-state index is 6.23. The summed E-state index contributed by atoms with van der Waals surface area (Å²) in [4.78, 5) is 2.17. The lowest BCUT2D eigenvalue weighted by atomic mass is 10.1.